The maximum Gasteiger partial charge on any atom is 0.410 e. The summed E-state index contributed by atoms with van der Waals surface area (Å²) in [5.41, 5.74) is 1.44. The summed E-state index contributed by atoms with van der Waals surface area (Å²) in [4.78, 5) is 25.3. The van der Waals surface area contributed by atoms with Crippen LogP contribution >= 0.6 is 11.3 Å². The van der Waals surface area contributed by atoms with E-state index in [-0.39, 0.29) is 11.9 Å². The summed E-state index contributed by atoms with van der Waals surface area (Å²) in [6, 6.07) is 7.49. The Kier molecular flexibility index (Phi) is 6.87. The fourth-order valence-corrected chi connectivity index (χ4v) is 5.49. The average Bonchev–Trinajstić information content (AvgIpc) is 3.50. The zero-order valence-electron chi connectivity index (χ0n) is 21.0. The van der Waals surface area contributed by atoms with Crippen molar-refractivity contribution in [3.8, 4) is 0 Å². The van der Waals surface area contributed by atoms with Gasteiger partial charge in [-0.05, 0) is 63.3 Å². The summed E-state index contributed by atoms with van der Waals surface area (Å²) in [5, 5.41) is 8.78. The Morgan fingerprint density at radius 2 is 1.86 bits per heavy atom. The first-order valence-corrected chi connectivity index (χ1v) is 13.4. The van der Waals surface area contributed by atoms with Gasteiger partial charge in [0, 0.05) is 37.9 Å². The Bertz CT molecular complexity index is 1230. The van der Waals surface area contributed by atoms with Crippen LogP contribution < -0.4 is 15.5 Å². The van der Waals surface area contributed by atoms with Gasteiger partial charge in [0.2, 0.25) is 5.95 Å². The number of nitrogens with zero attached hydrogens (tertiary/aromatic N) is 4. The Hall–Kier alpha value is -3.14. The van der Waals surface area contributed by atoms with E-state index in [1.54, 1.807) is 22.3 Å². The predicted octanol–water partition coefficient (Wildman–Crippen LogP) is 5.99. The molecule has 192 valence electrons. The van der Waals surface area contributed by atoms with Crippen LogP contribution in [0, 0.1) is 5.82 Å². The molecule has 1 saturated heterocycles. The van der Waals surface area contributed by atoms with Crippen LogP contribution in [0.5, 0.6) is 0 Å². The molecule has 2 aliphatic rings. The SMILES string of the molecule is CC(C)(C)OC(=O)N1CCN(c2ccc(Nc3nc(NC4CCCC4)c4sccc4n3)cc2F)CC1. The average molecular weight is 513 g/mol. The van der Waals surface area contributed by atoms with E-state index in [1.807, 2.05) is 43.2 Å². The monoisotopic (exact) mass is 512 g/mol. The number of halogens is 1. The lowest BCUT2D eigenvalue weighted by atomic mass is 10.2. The number of nitrogens with one attached hydrogen (secondary N) is 2. The van der Waals surface area contributed by atoms with Gasteiger partial charge in [0.05, 0.1) is 15.9 Å². The van der Waals surface area contributed by atoms with Crippen LogP contribution in [0.15, 0.2) is 29.6 Å². The molecule has 1 aliphatic carbocycles. The van der Waals surface area contributed by atoms with E-state index in [0.29, 0.717) is 49.5 Å². The number of benzene rings is 1. The first-order valence-electron chi connectivity index (χ1n) is 12.6. The highest BCUT2D eigenvalue weighted by molar-refractivity contribution is 7.17. The standard InChI is InChI=1S/C26H33FN6O2S/c1-26(2,3)35-25(34)33-13-11-32(12-14-33)21-9-8-18(16-19(21)27)29-24-30-20-10-15-36-22(20)23(31-24)28-17-6-4-5-7-17/h8-10,15-17H,4-7,11-14H2,1-3H3,(H2,28,29,30,31). The summed E-state index contributed by atoms with van der Waals surface area (Å²) >= 11 is 1.62. The number of piperazine rings is 1. The second-order valence-electron chi connectivity index (χ2n) is 10.4. The fourth-order valence-electron chi connectivity index (χ4n) is 4.71. The van der Waals surface area contributed by atoms with Gasteiger partial charge in [-0.1, -0.05) is 12.8 Å². The molecule has 10 heteroatoms. The third-order valence-electron chi connectivity index (χ3n) is 6.48. The van der Waals surface area contributed by atoms with Gasteiger partial charge >= 0.3 is 6.09 Å². The van der Waals surface area contributed by atoms with Gasteiger partial charge in [0.25, 0.3) is 0 Å². The quantitative estimate of drug-likeness (QED) is 0.435. The van der Waals surface area contributed by atoms with Crippen LogP contribution in [0.1, 0.15) is 46.5 Å². The highest BCUT2D eigenvalue weighted by Gasteiger charge is 2.27. The lowest BCUT2D eigenvalue weighted by molar-refractivity contribution is 0.0240. The van der Waals surface area contributed by atoms with Crippen LogP contribution in [0.4, 0.5) is 32.3 Å². The van der Waals surface area contributed by atoms with Crippen molar-refractivity contribution < 1.29 is 13.9 Å². The Labute approximate surface area is 214 Å². The molecule has 2 aromatic heterocycles. The number of hydrogen-bond acceptors (Lipinski definition) is 8. The molecule has 8 nitrogen and oxygen atoms in total. The van der Waals surface area contributed by atoms with Crippen molar-refractivity contribution in [1.82, 2.24) is 14.9 Å². The zero-order valence-corrected chi connectivity index (χ0v) is 21.8. The molecule has 2 N–H and O–H groups in total. The van der Waals surface area contributed by atoms with Gasteiger partial charge in [-0.25, -0.2) is 14.2 Å². The summed E-state index contributed by atoms with van der Waals surface area (Å²) in [5.74, 6) is 0.954. The van der Waals surface area contributed by atoms with Crippen LogP contribution in [0.2, 0.25) is 0 Å². The van der Waals surface area contributed by atoms with Crippen LogP contribution in [-0.2, 0) is 4.74 Å². The Balaban J connectivity index is 1.26. The number of fused-ring (bicyclic) bond motifs is 1. The number of rotatable bonds is 5. The molecule has 1 aromatic carbocycles. The topological polar surface area (TPSA) is 82.6 Å². The number of ether oxygens (including phenoxy) is 1. The summed E-state index contributed by atoms with van der Waals surface area (Å²) in [7, 11) is 0. The van der Waals surface area contributed by atoms with Gasteiger partial charge < -0.3 is 25.2 Å². The van der Waals surface area contributed by atoms with E-state index in [0.717, 1.165) is 28.9 Å². The molecule has 0 unspecified atom stereocenters. The van der Waals surface area contributed by atoms with Gasteiger partial charge in [-0.2, -0.15) is 4.98 Å². The number of hydrogen-bond donors (Lipinski definition) is 2. The van der Waals surface area contributed by atoms with E-state index in [2.05, 4.69) is 15.6 Å². The van der Waals surface area contributed by atoms with Crippen LogP contribution in [-0.4, -0.2) is 58.8 Å². The van der Waals surface area contributed by atoms with Crippen molar-refractivity contribution in [3.63, 3.8) is 0 Å². The minimum absolute atomic E-state index is 0.327. The molecule has 5 rings (SSSR count). The smallest absolute Gasteiger partial charge is 0.410 e. The van der Waals surface area contributed by atoms with Crippen molar-refractivity contribution in [2.75, 3.05) is 41.7 Å². The molecule has 0 bridgehead atoms. The Morgan fingerprint density at radius 1 is 1.11 bits per heavy atom. The third kappa shape index (κ3) is 5.64. The first kappa shape index (κ1) is 24.5. The number of carbonyl (C=O) groups is 1. The van der Waals surface area contributed by atoms with Crippen molar-refractivity contribution in [2.24, 2.45) is 0 Å². The molecule has 0 radical (unpaired) electrons. The van der Waals surface area contributed by atoms with E-state index < -0.39 is 5.60 Å². The lowest BCUT2D eigenvalue weighted by Gasteiger charge is -2.36. The second kappa shape index (κ2) is 10.1. The molecule has 1 aliphatic heterocycles. The maximum atomic E-state index is 15.1. The number of carbonyl (C=O) groups excluding carboxylic acids is 1. The molecule has 3 heterocycles. The van der Waals surface area contributed by atoms with Gasteiger partial charge in [-0.3, -0.25) is 0 Å². The van der Waals surface area contributed by atoms with E-state index in [9.17, 15) is 4.79 Å². The van der Waals surface area contributed by atoms with Gasteiger partial charge in [0.1, 0.15) is 17.2 Å². The zero-order chi connectivity index (χ0) is 25.3. The van der Waals surface area contributed by atoms with Crippen LogP contribution in [0.25, 0.3) is 10.2 Å². The molecule has 2 fully saturated rings. The molecular formula is C26H33FN6O2S. The number of thiophene rings is 1. The van der Waals surface area contributed by atoms with Gasteiger partial charge in [-0.15, -0.1) is 11.3 Å². The molecule has 0 atom stereocenters. The van der Waals surface area contributed by atoms with Crippen molar-refractivity contribution in [2.45, 2.75) is 58.1 Å². The maximum absolute atomic E-state index is 15.1. The van der Waals surface area contributed by atoms with Crippen molar-refractivity contribution in [3.05, 3.63) is 35.5 Å². The number of aromatic nitrogens is 2. The minimum Gasteiger partial charge on any atom is -0.444 e. The highest BCUT2D eigenvalue weighted by atomic mass is 32.1. The summed E-state index contributed by atoms with van der Waals surface area (Å²) in [6.07, 6.45) is 4.45. The normalized spacial score (nSPS) is 17.0. The molecule has 0 spiro atoms. The lowest BCUT2D eigenvalue weighted by Crippen LogP contribution is -2.50. The predicted molar refractivity (Wildman–Crippen MR) is 143 cm³/mol. The summed E-state index contributed by atoms with van der Waals surface area (Å²) in [6.45, 7) is 7.60. The van der Waals surface area contributed by atoms with E-state index in [1.165, 1.54) is 18.9 Å². The first-order chi connectivity index (χ1) is 17.2. The Morgan fingerprint density at radius 3 is 2.56 bits per heavy atom. The fraction of sp³-hybridized carbons (Fsp3) is 0.500. The molecular weight excluding hydrogens is 479 g/mol. The molecule has 36 heavy (non-hydrogen) atoms. The third-order valence-corrected chi connectivity index (χ3v) is 7.39. The van der Waals surface area contributed by atoms with E-state index in [4.69, 9.17) is 9.72 Å². The number of anilines is 4. The molecule has 1 amide bonds. The number of amides is 1. The largest absolute Gasteiger partial charge is 0.444 e. The highest BCUT2D eigenvalue weighted by Crippen LogP contribution is 2.32. The summed E-state index contributed by atoms with van der Waals surface area (Å²) < 4.78 is 21.6. The second-order valence-corrected chi connectivity index (χ2v) is 11.3. The minimum atomic E-state index is -0.534. The van der Waals surface area contributed by atoms with Crippen molar-refractivity contribution >= 4 is 50.8 Å². The van der Waals surface area contributed by atoms with E-state index >= 15 is 4.39 Å². The molecule has 3 aromatic rings. The van der Waals surface area contributed by atoms with Crippen molar-refractivity contribution in [1.29, 1.82) is 0 Å². The van der Waals surface area contributed by atoms with Gasteiger partial charge in [0.15, 0.2) is 0 Å². The van der Waals surface area contributed by atoms with Crippen LogP contribution in [0.3, 0.4) is 0 Å². The molecule has 1 saturated carbocycles.